The van der Waals surface area contributed by atoms with E-state index in [4.69, 9.17) is 5.73 Å². The molecule has 0 atom stereocenters. The molecule has 10 heteroatoms. The normalized spacial score (nSPS) is 18.3. The molecule has 31 heavy (non-hydrogen) atoms. The average Bonchev–Trinajstić information content (AvgIpc) is 3.12. The molecule has 3 amide bonds. The number of anilines is 1. The first-order chi connectivity index (χ1) is 14.9. The van der Waals surface area contributed by atoms with Gasteiger partial charge in [-0.1, -0.05) is 19.3 Å². The van der Waals surface area contributed by atoms with Crippen LogP contribution in [0.1, 0.15) is 61.9 Å². The van der Waals surface area contributed by atoms with Gasteiger partial charge in [-0.25, -0.2) is 9.78 Å². The maximum Gasteiger partial charge on any atom is 0.315 e. The van der Waals surface area contributed by atoms with Gasteiger partial charge < -0.3 is 21.3 Å². The van der Waals surface area contributed by atoms with Gasteiger partial charge in [-0.3, -0.25) is 4.79 Å². The number of nitrogens with two attached hydrogens (primary N) is 1. The summed E-state index contributed by atoms with van der Waals surface area (Å²) in [6.45, 7) is 5.05. The fraction of sp³-hybridized carbons (Fsp3) is 0.667. The number of carbonyl (C=O) groups is 2. The Bertz CT molecular complexity index is 958. The van der Waals surface area contributed by atoms with Crippen molar-refractivity contribution in [3.8, 4) is 0 Å². The fourth-order valence-electron chi connectivity index (χ4n) is 4.68. The molecule has 0 bridgehead atoms. The Kier molecular flexibility index (Phi) is 6.24. The monoisotopic (exact) mass is 428 g/mol. The van der Waals surface area contributed by atoms with Crippen molar-refractivity contribution in [1.82, 2.24) is 35.1 Å². The van der Waals surface area contributed by atoms with E-state index in [1.165, 1.54) is 19.3 Å². The molecule has 1 aliphatic carbocycles. The molecular weight excluding hydrogens is 396 g/mol. The number of nitrogens with one attached hydrogen (secondary N) is 2. The number of rotatable bonds is 4. The fourth-order valence-corrected chi connectivity index (χ4v) is 4.68. The van der Waals surface area contributed by atoms with Crippen molar-refractivity contribution in [3.05, 3.63) is 17.0 Å². The van der Waals surface area contributed by atoms with Crippen LogP contribution in [0.2, 0.25) is 0 Å². The summed E-state index contributed by atoms with van der Waals surface area (Å²) in [6.07, 6.45) is 7.58. The molecule has 4 N–H and O–H groups in total. The SMILES string of the molecule is Cc1nc2nc(N)nn2c(C)c1CC(=O)N1CCC(NC(=O)NC2CCCCC2)CC1. The summed E-state index contributed by atoms with van der Waals surface area (Å²) in [6, 6.07) is 0.329. The standard InChI is InChI=1S/C21H32N8O2/c1-13-17(14(2)29-20(23-13)26-19(22)27-29)12-18(30)28-10-8-16(9-11-28)25-21(31)24-15-6-4-3-5-7-15/h15-16H,3-12H2,1-2H3,(H2,22,27)(H2,24,25,31). The number of hydrogen-bond acceptors (Lipinski definition) is 6. The zero-order valence-electron chi connectivity index (χ0n) is 18.4. The van der Waals surface area contributed by atoms with Crippen molar-refractivity contribution in [1.29, 1.82) is 0 Å². The van der Waals surface area contributed by atoms with Gasteiger partial charge in [0.1, 0.15) is 0 Å². The number of aromatic nitrogens is 4. The van der Waals surface area contributed by atoms with Crippen LogP contribution in [0.15, 0.2) is 0 Å². The maximum atomic E-state index is 12.9. The molecule has 2 aliphatic rings. The van der Waals surface area contributed by atoms with Gasteiger partial charge in [0.2, 0.25) is 11.9 Å². The number of nitrogens with zero attached hydrogens (tertiary/aromatic N) is 5. The van der Waals surface area contributed by atoms with Gasteiger partial charge in [-0.15, -0.1) is 5.10 Å². The molecule has 2 aromatic heterocycles. The highest BCUT2D eigenvalue weighted by Crippen LogP contribution is 2.19. The Labute approximate surface area is 182 Å². The average molecular weight is 429 g/mol. The lowest BCUT2D eigenvalue weighted by Gasteiger charge is -2.33. The Balaban J connectivity index is 1.29. The lowest BCUT2D eigenvalue weighted by atomic mass is 9.96. The molecule has 0 aromatic carbocycles. The van der Waals surface area contributed by atoms with Crippen LogP contribution in [0.4, 0.5) is 10.7 Å². The molecule has 0 unspecified atom stereocenters. The molecule has 0 radical (unpaired) electrons. The van der Waals surface area contributed by atoms with E-state index in [9.17, 15) is 9.59 Å². The van der Waals surface area contributed by atoms with E-state index >= 15 is 0 Å². The van der Waals surface area contributed by atoms with E-state index in [2.05, 4.69) is 25.7 Å². The van der Waals surface area contributed by atoms with Gasteiger partial charge in [-0.2, -0.15) is 9.50 Å². The number of fused-ring (bicyclic) bond motifs is 1. The third kappa shape index (κ3) is 4.88. The molecule has 1 saturated carbocycles. The lowest BCUT2D eigenvalue weighted by molar-refractivity contribution is -0.131. The summed E-state index contributed by atoms with van der Waals surface area (Å²) in [7, 11) is 0. The second kappa shape index (κ2) is 9.07. The third-order valence-corrected chi connectivity index (χ3v) is 6.52. The van der Waals surface area contributed by atoms with Gasteiger partial charge in [0.25, 0.3) is 5.78 Å². The number of urea groups is 1. The smallest absolute Gasteiger partial charge is 0.315 e. The van der Waals surface area contributed by atoms with Crippen LogP contribution in [0.3, 0.4) is 0 Å². The van der Waals surface area contributed by atoms with Crippen LogP contribution < -0.4 is 16.4 Å². The quantitative estimate of drug-likeness (QED) is 0.676. The van der Waals surface area contributed by atoms with E-state index in [-0.39, 0.29) is 30.3 Å². The Morgan fingerprint density at radius 2 is 1.65 bits per heavy atom. The Hall–Kier alpha value is -2.91. The number of hydrogen-bond donors (Lipinski definition) is 3. The van der Waals surface area contributed by atoms with Crippen LogP contribution in [0.5, 0.6) is 0 Å². The minimum Gasteiger partial charge on any atom is -0.366 e. The van der Waals surface area contributed by atoms with Crippen LogP contribution >= 0.6 is 0 Å². The predicted molar refractivity (Wildman–Crippen MR) is 117 cm³/mol. The largest absolute Gasteiger partial charge is 0.366 e. The van der Waals surface area contributed by atoms with Gasteiger partial charge in [0.05, 0.1) is 6.42 Å². The highest BCUT2D eigenvalue weighted by molar-refractivity contribution is 5.79. The van der Waals surface area contributed by atoms with Gasteiger partial charge in [0.15, 0.2) is 0 Å². The summed E-state index contributed by atoms with van der Waals surface area (Å²) < 4.78 is 1.59. The summed E-state index contributed by atoms with van der Waals surface area (Å²) in [5.41, 5.74) is 8.14. The number of nitrogen functional groups attached to an aromatic ring is 1. The van der Waals surface area contributed by atoms with Crippen molar-refractivity contribution in [2.75, 3.05) is 18.8 Å². The van der Waals surface area contributed by atoms with Crippen LogP contribution in [0.25, 0.3) is 5.78 Å². The topological polar surface area (TPSA) is 131 Å². The summed E-state index contributed by atoms with van der Waals surface area (Å²) in [4.78, 5) is 35.6. The lowest BCUT2D eigenvalue weighted by Crippen LogP contribution is -2.51. The molecule has 1 saturated heterocycles. The number of amides is 3. The van der Waals surface area contributed by atoms with Crippen molar-refractivity contribution in [2.45, 2.75) is 77.3 Å². The van der Waals surface area contributed by atoms with Crippen LogP contribution in [-0.4, -0.2) is 61.6 Å². The summed E-state index contributed by atoms with van der Waals surface area (Å²) in [5.74, 6) is 0.674. The second-order valence-corrected chi connectivity index (χ2v) is 8.73. The van der Waals surface area contributed by atoms with Crippen molar-refractivity contribution in [3.63, 3.8) is 0 Å². The first kappa shape index (κ1) is 21.3. The number of aryl methyl sites for hydroxylation is 2. The highest BCUT2D eigenvalue weighted by Gasteiger charge is 2.26. The molecule has 168 valence electrons. The molecule has 3 heterocycles. The maximum absolute atomic E-state index is 12.9. The minimum atomic E-state index is -0.0746. The Morgan fingerprint density at radius 1 is 1.00 bits per heavy atom. The minimum absolute atomic E-state index is 0.0607. The van der Waals surface area contributed by atoms with Crippen LogP contribution in [-0.2, 0) is 11.2 Å². The molecule has 0 spiro atoms. The number of piperidine rings is 1. The predicted octanol–water partition coefficient (Wildman–Crippen LogP) is 1.49. The van der Waals surface area contributed by atoms with E-state index in [0.717, 1.165) is 42.6 Å². The van der Waals surface area contributed by atoms with Crippen LogP contribution in [0, 0.1) is 13.8 Å². The van der Waals surface area contributed by atoms with Gasteiger partial charge in [-0.05, 0) is 39.5 Å². The molecule has 2 fully saturated rings. The Morgan fingerprint density at radius 3 is 2.32 bits per heavy atom. The molecular formula is C21H32N8O2. The molecule has 4 rings (SSSR count). The highest BCUT2D eigenvalue weighted by atomic mass is 16.2. The zero-order valence-corrected chi connectivity index (χ0v) is 18.4. The van der Waals surface area contributed by atoms with Crippen molar-refractivity contribution in [2.24, 2.45) is 0 Å². The summed E-state index contributed by atoms with van der Waals surface area (Å²) in [5, 5.41) is 10.4. The van der Waals surface area contributed by atoms with Crippen molar-refractivity contribution >= 4 is 23.7 Å². The van der Waals surface area contributed by atoms with E-state index in [1.807, 2.05) is 18.7 Å². The van der Waals surface area contributed by atoms with Gasteiger partial charge in [0, 0.05) is 42.1 Å². The zero-order chi connectivity index (χ0) is 22.0. The van der Waals surface area contributed by atoms with Crippen molar-refractivity contribution < 1.29 is 9.59 Å². The van der Waals surface area contributed by atoms with Gasteiger partial charge >= 0.3 is 6.03 Å². The van der Waals surface area contributed by atoms with E-state index in [0.29, 0.717) is 24.9 Å². The third-order valence-electron chi connectivity index (χ3n) is 6.52. The molecule has 10 nitrogen and oxygen atoms in total. The number of likely N-dealkylation sites (tertiary alicyclic amines) is 1. The first-order valence-electron chi connectivity index (χ1n) is 11.2. The molecule has 2 aromatic rings. The first-order valence-corrected chi connectivity index (χ1v) is 11.2. The molecule has 1 aliphatic heterocycles. The van der Waals surface area contributed by atoms with E-state index < -0.39 is 0 Å². The summed E-state index contributed by atoms with van der Waals surface area (Å²) >= 11 is 0. The van der Waals surface area contributed by atoms with E-state index in [1.54, 1.807) is 4.52 Å². The number of carbonyl (C=O) groups excluding carboxylic acids is 2. The second-order valence-electron chi connectivity index (χ2n) is 8.73.